The van der Waals surface area contributed by atoms with Crippen LogP contribution < -0.4 is 10.1 Å². The van der Waals surface area contributed by atoms with Crippen molar-refractivity contribution in [1.82, 2.24) is 10.3 Å². The number of rotatable bonds is 7. The molecular weight excluding hydrogens is 416 g/mol. The molecule has 0 atom stereocenters. The van der Waals surface area contributed by atoms with Gasteiger partial charge in [0.05, 0.1) is 5.69 Å². The van der Waals surface area contributed by atoms with Gasteiger partial charge >= 0.3 is 0 Å². The zero-order valence-corrected chi connectivity index (χ0v) is 19.3. The Morgan fingerprint density at radius 2 is 1.72 bits per heavy atom. The van der Waals surface area contributed by atoms with Crippen LogP contribution in [0.2, 0.25) is 0 Å². The zero-order valence-electron chi connectivity index (χ0n) is 18.5. The molecule has 1 amide bonds. The van der Waals surface area contributed by atoms with Crippen molar-refractivity contribution in [3.63, 3.8) is 0 Å². The number of nitrogens with zero attached hydrogens (tertiary/aromatic N) is 1. The third kappa shape index (κ3) is 5.24. The molecule has 3 aromatic carbocycles. The van der Waals surface area contributed by atoms with E-state index in [9.17, 15) is 4.79 Å². The van der Waals surface area contributed by atoms with E-state index in [2.05, 4.69) is 28.9 Å². The van der Waals surface area contributed by atoms with Gasteiger partial charge in [0.25, 0.3) is 5.91 Å². The number of thiazole rings is 1. The lowest BCUT2D eigenvalue weighted by Gasteiger charge is -2.12. The molecule has 0 saturated carbocycles. The SMILES string of the molecule is Cc1cc(C)c(C)c(OCC(=O)NCc2ccc(-c3nc(-c4ccccc4)cs3)cc2)c1. The van der Waals surface area contributed by atoms with Crippen LogP contribution in [-0.2, 0) is 11.3 Å². The number of hydrogen-bond acceptors (Lipinski definition) is 4. The van der Waals surface area contributed by atoms with E-state index in [1.807, 2.05) is 69.3 Å². The van der Waals surface area contributed by atoms with Crippen molar-refractivity contribution in [2.24, 2.45) is 0 Å². The van der Waals surface area contributed by atoms with Gasteiger partial charge in [0.2, 0.25) is 0 Å². The van der Waals surface area contributed by atoms with Crippen LogP contribution in [0.4, 0.5) is 0 Å². The summed E-state index contributed by atoms with van der Waals surface area (Å²) in [5.41, 5.74) is 7.56. The molecule has 1 N–H and O–H groups in total. The molecule has 0 radical (unpaired) electrons. The van der Waals surface area contributed by atoms with Gasteiger partial charge in [-0.2, -0.15) is 0 Å². The Hall–Kier alpha value is -3.44. The van der Waals surface area contributed by atoms with Crippen LogP contribution in [-0.4, -0.2) is 17.5 Å². The van der Waals surface area contributed by atoms with Crippen molar-refractivity contribution in [2.75, 3.05) is 6.61 Å². The minimum Gasteiger partial charge on any atom is -0.483 e. The highest BCUT2D eigenvalue weighted by Gasteiger charge is 2.09. The molecule has 0 bridgehead atoms. The molecule has 4 aromatic rings. The van der Waals surface area contributed by atoms with Crippen LogP contribution in [0.5, 0.6) is 5.75 Å². The van der Waals surface area contributed by atoms with Gasteiger partial charge in [0.1, 0.15) is 10.8 Å². The highest BCUT2D eigenvalue weighted by atomic mass is 32.1. The summed E-state index contributed by atoms with van der Waals surface area (Å²) in [5.74, 6) is 0.625. The van der Waals surface area contributed by atoms with E-state index < -0.39 is 0 Å². The number of aromatic nitrogens is 1. The Balaban J connectivity index is 1.31. The number of ether oxygens (including phenoxy) is 1. The van der Waals surface area contributed by atoms with Gasteiger partial charge in [-0.3, -0.25) is 4.79 Å². The summed E-state index contributed by atoms with van der Waals surface area (Å²) < 4.78 is 5.75. The first-order chi connectivity index (χ1) is 15.5. The van der Waals surface area contributed by atoms with Crippen LogP contribution in [0, 0.1) is 20.8 Å². The van der Waals surface area contributed by atoms with Crippen LogP contribution >= 0.6 is 11.3 Å². The van der Waals surface area contributed by atoms with Crippen molar-refractivity contribution < 1.29 is 9.53 Å². The first-order valence-electron chi connectivity index (χ1n) is 10.6. The zero-order chi connectivity index (χ0) is 22.5. The van der Waals surface area contributed by atoms with Gasteiger partial charge < -0.3 is 10.1 Å². The molecule has 1 aromatic heterocycles. The van der Waals surface area contributed by atoms with Gasteiger partial charge in [-0.05, 0) is 49.1 Å². The Labute approximate surface area is 192 Å². The molecule has 0 aliphatic heterocycles. The molecule has 0 aliphatic carbocycles. The van der Waals surface area contributed by atoms with E-state index in [1.54, 1.807) is 11.3 Å². The molecule has 0 spiro atoms. The summed E-state index contributed by atoms with van der Waals surface area (Å²) in [6.07, 6.45) is 0. The third-order valence-electron chi connectivity index (χ3n) is 5.39. The van der Waals surface area contributed by atoms with Crippen LogP contribution in [0.3, 0.4) is 0 Å². The first kappa shape index (κ1) is 21.8. The second-order valence-electron chi connectivity index (χ2n) is 7.87. The average Bonchev–Trinajstić information content (AvgIpc) is 3.30. The lowest BCUT2D eigenvalue weighted by atomic mass is 10.1. The maximum Gasteiger partial charge on any atom is 0.258 e. The van der Waals surface area contributed by atoms with Gasteiger partial charge in [-0.25, -0.2) is 4.98 Å². The number of hydrogen-bond donors (Lipinski definition) is 1. The Kier molecular flexibility index (Phi) is 6.66. The van der Waals surface area contributed by atoms with Gasteiger partial charge in [-0.1, -0.05) is 60.7 Å². The molecule has 162 valence electrons. The highest BCUT2D eigenvalue weighted by Crippen LogP contribution is 2.29. The van der Waals surface area contributed by atoms with E-state index in [0.717, 1.165) is 49.8 Å². The fourth-order valence-electron chi connectivity index (χ4n) is 3.46. The number of amides is 1. The van der Waals surface area contributed by atoms with Crippen molar-refractivity contribution >= 4 is 17.2 Å². The van der Waals surface area contributed by atoms with Gasteiger partial charge in [-0.15, -0.1) is 11.3 Å². The van der Waals surface area contributed by atoms with E-state index in [4.69, 9.17) is 9.72 Å². The van der Waals surface area contributed by atoms with Crippen molar-refractivity contribution in [2.45, 2.75) is 27.3 Å². The van der Waals surface area contributed by atoms with Crippen LogP contribution in [0.1, 0.15) is 22.3 Å². The summed E-state index contributed by atoms with van der Waals surface area (Å²) in [4.78, 5) is 17.0. The maximum absolute atomic E-state index is 12.3. The number of nitrogens with one attached hydrogen (secondary N) is 1. The summed E-state index contributed by atoms with van der Waals surface area (Å²) >= 11 is 1.63. The standard InChI is InChI=1S/C27H26N2O2S/c1-18-13-19(2)20(3)25(14-18)31-16-26(30)28-15-21-9-11-23(12-10-21)27-29-24(17-32-27)22-7-5-4-6-8-22/h4-14,17H,15-16H2,1-3H3,(H,28,30). The maximum atomic E-state index is 12.3. The molecule has 0 fully saturated rings. The average molecular weight is 443 g/mol. The highest BCUT2D eigenvalue weighted by molar-refractivity contribution is 7.13. The number of carbonyl (C=O) groups excluding carboxylic acids is 1. The molecule has 1 heterocycles. The molecule has 0 aliphatic rings. The normalized spacial score (nSPS) is 10.7. The van der Waals surface area contributed by atoms with Crippen LogP contribution in [0.25, 0.3) is 21.8 Å². The van der Waals surface area contributed by atoms with Crippen LogP contribution in [0.15, 0.2) is 72.1 Å². The molecule has 4 rings (SSSR count). The second kappa shape index (κ2) is 9.79. The Bertz CT molecular complexity index is 1210. The number of carbonyl (C=O) groups is 1. The predicted molar refractivity (Wildman–Crippen MR) is 131 cm³/mol. The molecule has 0 unspecified atom stereocenters. The summed E-state index contributed by atoms with van der Waals surface area (Å²) in [6, 6.07) is 22.4. The molecule has 0 saturated heterocycles. The Morgan fingerprint density at radius 1 is 0.969 bits per heavy atom. The minimum absolute atomic E-state index is 0.00317. The second-order valence-corrected chi connectivity index (χ2v) is 8.73. The number of aryl methyl sites for hydroxylation is 2. The molecular formula is C27H26N2O2S. The van der Waals surface area contributed by atoms with Crippen molar-refractivity contribution in [3.05, 3.63) is 94.4 Å². The van der Waals surface area contributed by atoms with Gasteiger partial charge in [0.15, 0.2) is 6.61 Å². The van der Waals surface area contributed by atoms with E-state index >= 15 is 0 Å². The van der Waals surface area contributed by atoms with E-state index in [-0.39, 0.29) is 12.5 Å². The molecule has 32 heavy (non-hydrogen) atoms. The summed E-state index contributed by atoms with van der Waals surface area (Å²) in [7, 11) is 0. The third-order valence-corrected chi connectivity index (χ3v) is 6.28. The fourth-order valence-corrected chi connectivity index (χ4v) is 4.29. The van der Waals surface area contributed by atoms with E-state index in [0.29, 0.717) is 6.54 Å². The molecule has 5 heteroatoms. The van der Waals surface area contributed by atoms with Gasteiger partial charge in [0, 0.05) is 23.1 Å². The minimum atomic E-state index is -0.139. The summed E-state index contributed by atoms with van der Waals surface area (Å²) in [5, 5.41) is 5.99. The smallest absolute Gasteiger partial charge is 0.258 e. The van der Waals surface area contributed by atoms with Crippen molar-refractivity contribution in [3.8, 4) is 27.6 Å². The fraction of sp³-hybridized carbons (Fsp3) is 0.185. The monoisotopic (exact) mass is 442 g/mol. The Morgan fingerprint density at radius 3 is 2.47 bits per heavy atom. The van der Waals surface area contributed by atoms with E-state index in [1.165, 1.54) is 0 Å². The van der Waals surface area contributed by atoms with Crippen molar-refractivity contribution in [1.29, 1.82) is 0 Å². The topological polar surface area (TPSA) is 51.2 Å². The quantitative estimate of drug-likeness (QED) is 0.376. The summed E-state index contributed by atoms with van der Waals surface area (Å²) in [6.45, 7) is 6.55. The lowest BCUT2D eigenvalue weighted by Crippen LogP contribution is -2.28. The first-order valence-corrected chi connectivity index (χ1v) is 11.4. The number of benzene rings is 3. The predicted octanol–water partition coefficient (Wildman–Crippen LogP) is 6.10. The largest absolute Gasteiger partial charge is 0.483 e. The molecule has 4 nitrogen and oxygen atoms in total. The lowest BCUT2D eigenvalue weighted by molar-refractivity contribution is -0.123.